The molecule has 2 fully saturated rings. The van der Waals surface area contributed by atoms with Gasteiger partial charge in [0, 0.05) is 67.8 Å². The van der Waals surface area contributed by atoms with Crippen molar-refractivity contribution < 1.29 is 14.3 Å². The lowest BCUT2D eigenvalue weighted by atomic mass is 10.00. The van der Waals surface area contributed by atoms with Crippen LogP contribution in [0, 0.1) is 0 Å². The predicted octanol–water partition coefficient (Wildman–Crippen LogP) is 6.76. The van der Waals surface area contributed by atoms with Crippen LogP contribution in [-0.2, 0) is 16.1 Å². The molecule has 41 heavy (non-hydrogen) atoms. The summed E-state index contributed by atoms with van der Waals surface area (Å²) in [5.74, 6) is 0.740. The summed E-state index contributed by atoms with van der Waals surface area (Å²) in [6, 6.07) is 23.9. The molecule has 0 aliphatic carbocycles. The largest absolute Gasteiger partial charge is 0.493 e. The van der Waals surface area contributed by atoms with E-state index in [4.69, 9.17) is 9.47 Å². The number of carbonyl (C=O) groups excluding carboxylic acids is 1. The van der Waals surface area contributed by atoms with Crippen LogP contribution in [0.4, 0.5) is 11.4 Å². The molecule has 2 saturated heterocycles. The highest BCUT2D eigenvalue weighted by Gasteiger charge is 2.19. The van der Waals surface area contributed by atoms with Crippen LogP contribution in [0.2, 0.25) is 0 Å². The Hall–Kier alpha value is -3.61. The van der Waals surface area contributed by atoms with E-state index in [0.717, 1.165) is 73.8 Å². The van der Waals surface area contributed by atoms with Crippen LogP contribution in [0.25, 0.3) is 17.2 Å². The molecule has 214 valence electrons. The van der Waals surface area contributed by atoms with Gasteiger partial charge in [0.15, 0.2) is 0 Å². The number of piperidine rings is 1. The van der Waals surface area contributed by atoms with Gasteiger partial charge >= 0.3 is 0 Å². The summed E-state index contributed by atoms with van der Waals surface area (Å²) in [5.41, 5.74) is 7.30. The number of anilines is 2. The number of hydrogen-bond donors (Lipinski definition) is 1. The van der Waals surface area contributed by atoms with E-state index in [0.29, 0.717) is 19.1 Å². The van der Waals surface area contributed by atoms with Crippen LogP contribution in [0.5, 0.6) is 5.75 Å². The average molecular weight is 552 g/mol. The molecule has 6 rings (SSSR count). The van der Waals surface area contributed by atoms with E-state index < -0.39 is 0 Å². The van der Waals surface area contributed by atoms with E-state index in [9.17, 15) is 4.79 Å². The third kappa shape index (κ3) is 6.83. The minimum absolute atomic E-state index is 0.0789. The number of nitrogens with one attached hydrogen (secondary N) is 1. The van der Waals surface area contributed by atoms with Crippen LogP contribution >= 0.6 is 0 Å². The molecule has 3 heterocycles. The lowest BCUT2D eigenvalue weighted by molar-refractivity contribution is -0.113. The van der Waals surface area contributed by atoms with E-state index in [-0.39, 0.29) is 5.91 Å². The Morgan fingerprint density at radius 1 is 0.902 bits per heavy atom. The molecule has 0 aromatic heterocycles. The smallest absolute Gasteiger partial charge is 0.251 e. The summed E-state index contributed by atoms with van der Waals surface area (Å²) in [5, 5.41) is 3.10. The van der Waals surface area contributed by atoms with Gasteiger partial charge < -0.3 is 19.7 Å². The zero-order valence-corrected chi connectivity index (χ0v) is 24.1. The van der Waals surface area contributed by atoms with Gasteiger partial charge in [0.2, 0.25) is 0 Å². The van der Waals surface area contributed by atoms with Gasteiger partial charge in [-0.25, -0.2) is 0 Å². The molecule has 3 aromatic carbocycles. The van der Waals surface area contributed by atoms with Gasteiger partial charge in [0.25, 0.3) is 5.91 Å². The average Bonchev–Trinajstić information content (AvgIpc) is 3.25. The first kappa shape index (κ1) is 27.6. The monoisotopic (exact) mass is 551 g/mol. The summed E-state index contributed by atoms with van der Waals surface area (Å²) < 4.78 is 11.5. The van der Waals surface area contributed by atoms with Crippen LogP contribution < -0.4 is 15.0 Å². The number of hydrogen-bond acceptors (Lipinski definition) is 5. The molecule has 3 aromatic rings. The zero-order valence-electron chi connectivity index (χ0n) is 24.1. The summed E-state index contributed by atoms with van der Waals surface area (Å²) in [4.78, 5) is 18.2. The Morgan fingerprint density at radius 2 is 1.63 bits per heavy atom. The number of rotatable bonds is 7. The number of amides is 1. The summed E-state index contributed by atoms with van der Waals surface area (Å²) in [7, 11) is 2.18. The maximum atomic E-state index is 13.3. The van der Waals surface area contributed by atoms with Crippen molar-refractivity contribution in [2.45, 2.75) is 51.1 Å². The third-order valence-corrected chi connectivity index (χ3v) is 8.64. The minimum atomic E-state index is -0.0789. The Bertz CT molecular complexity index is 1350. The molecule has 0 bridgehead atoms. The molecule has 0 unspecified atom stereocenters. The van der Waals surface area contributed by atoms with Gasteiger partial charge in [-0.1, -0.05) is 30.3 Å². The van der Waals surface area contributed by atoms with Crippen LogP contribution in [-0.4, -0.2) is 56.8 Å². The van der Waals surface area contributed by atoms with Gasteiger partial charge in [-0.2, -0.15) is 0 Å². The summed E-state index contributed by atoms with van der Waals surface area (Å²) >= 11 is 0. The molecule has 3 aliphatic rings. The maximum Gasteiger partial charge on any atom is 0.251 e. The van der Waals surface area contributed by atoms with Crippen LogP contribution in [0.3, 0.4) is 0 Å². The fourth-order valence-corrected chi connectivity index (χ4v) is 6.15. The molecule has 0 saturated carbocycles. The number of carbonyl (C=O) groups is 1. The Kier molecular flexibility index (Phi) is 8.68. The Labute approximate surface area is 244 Å². The lowest BCUT2D eigenvalue weighted by Crippen LogP contribution is -2.36. The lowest BCUT2D eigenvalue weighted by Gasteiger charge is -2.31. The molecule has 0 spiro atoms. The van der Waals surface area contributed by atoms with Crippen LogP contribution in [0.15, 0.2) is 72.3 Å². The third-order valence-electron chi connectivity index (χ3n) is 8.64. The van der Waals surface area contributed by atoms with Crippen molar-refractivity contribution in [1.29, 1.82) is 0 Å². The van der Waals surface area contributed by atoms with Gasteiger partial charge in [-0.15, -0.1) is 0 Å². The molecule has 1 N–H and O–H groups in total. The van der Waals surface area contributed by atoms with E-state index >= 15 is 0 Å². The first-order valence-corrected chi connectivity index (χ1v) is 15.1. The molecule has 6 nitrogen and oxygen atoms in total. The topological polar surface area (TPSA) is 54.0 Å². The normalized spacial score (nSPS) is 17.8. The van der Waals surface area contributed by atoms with E-state index in [1.807, 2.05) is 24.3 Å². The van der Waals surface area contributed by atoms with Crippen molar-refractivity contribution in [1.82, 2.24) is 4.90 Å². The van der Waals surface area contributed by atoms with Crippen molar-refractivity contribution in [2.75, 3.05) is 50.2 Å². The Morgan fingerprint density at radius 3 is 2.39 bits per heavy atom. The first-order valence-electron chi connectivity index (χ1n) is 15.1. The summed E-state index contributed by atoms with van der Waals surface area (Å²) in [6.07, 6.45) is 8.59. The quantitative estimate of drug-likeness (QED) is 0.352. The van der Waals surface area contributed by atoms with Gasteiger partial charge in [-0.05, 0) is 98.3 Å². The van der Waals surface area contributed by atoms with Crippen molar-refractivity contribution in [2.24, 2.45) is 0 Å². The number of fused-ring (bicyclic) bond motifs is 1. The second-order valence-electron chi connectivity index (χ2n) is 11.5. The minimum Gasteiger partial charge on any atom is -0.493 e. The van der Waals surface area contributed by atoms with E-state index in [1.54, 1.807) is 0 Å². The van der Waals surface area contributed by atoms with Gasteiger partial charge in [0.05, 0.1) is 6.61 Å². The highest BCUT2D eigenvalue weighted by atomic mass is 16.5. The standard InChI is InChI=1S/C35H41N3O3/c1-37(32-16-20-40-21-17-32)25-26-5-10-31(11-6-26)36-35(39)29-15-22-41-34-14-9-28(23-30(34)24-29)27-7-12-33(13-8-27)38-18-3-2-4-19-38/h5-14,23-24,32H,2-4,15-22,25H2,1H3,(H,36,39). The fraction of sp³-hybridized carbons (Fsp3) is 0.400. The highest BCUT2D eigenvalue weighted by molar-refractivity contribution is 6.07. The number of nitrogens with zero attached hydrogens (tertiary/aromatic N) is 2. The summed E-state index contributed by atoms with van der Waals surface area (Å²) in [6.45, 7) is 5.35. The predicted molar refractivity (Wildman–Crippen MR) is 166 cm³/mol. The SMILES string of the molecule is CN(Cc1ccc(NC(=O)C2=Cc3cc(-c4ccc(N5CCCCC5)cc4)ccc3OCC2)cc1)C1CCOCC1. The highest BCUT2D eigenvalue weighted by Crippen LogP contribution is 2.32. The molecule has 0 atom stereocenters. The first-order chi connectivity index (χ1) is 20.1. The molecular formula is C35H41N3O3. The van der Waals surface area contributed by atoms with Gasteiger partial charge in [0.1, 0.15) is 5.75 Å². The Balaban J connectivity index is 1.12. The molecule has 6 heteroatoms. The van der Waals surface area contributed by atoms with Crippen molar-refractivity contribution in [3.63, 3.8) is 0 Å². The zero-order chi connectivity index (χ0) is 28.0. The fourth-order valence-electron chi connectivity index (χ4n) is 6.15. The van der Waals surface area contributed by atoms with E-state index in [2.05, 4.69) is 70.7 Å². The molecule has 0 radical (unpaired) electrons. The number of ether oxygens (including phenoxy) is 2. The van der Waals surface area contributed by atoms with Gasteiger partial charge in [-0.3, -0.25) is 9.69 Å². The van der Waals surface area contributed by atoms with Crippen molar-refractivity contribution >= 4 is 23.4 Å². The second kappa shape index (κ2) is 12.9. The van der Waals surface area contributed by atoms with E-state index in [1.165, 1.54) is 36.1 Å². The molecular weight excluding hydrogens is 510 g/mol. The van der Waals surface area contributed by atoms with Crippen LogP contribution in [0.1, 0.15) is 49.7 Å². The van der Waals surface area contributed by atoms with Crippen molar-refractivity contribution in [3.8, 4) is 16.9 Å². The number of benzene rings is 3. The second-order valence-corrected chi connectivity index (χ2v) is 11.5. The molecule has 1 amide bonds. The maximum absolute atomic E-state index is 13.3. The molecule has 3 aliphatic heterocycles. The van der Waals surface area contributed by atoms with Crippen molar-refractivity contribution in [3.05, 3.63) is 83.4 Å².